The van der Waals surface area contributed by atoms with Gasteiger partial charge in [0.15, 0.2) is 0 Å². The Kier molecular flexibility index (Phi) is 10.7. The molecule has 0 aromatic heterocycles. The van der Waals surface area contributed by atoms with E-state index in [4.69, 9.17) is 9.47 Å². The van der Waals surface area contributed by atoms with Gasteiger partial charge in [-0.25, -0.2) is 4.39 Å². The zero-order chi connectivity index (χ0) is 26.7. The normalized spacial score (nSPS) is 22.8. The largest absolute Gasteiger partial charge is 0.464 e. The zero-order valence-corrected chi connectivity index (χ0v) is 24.1. The standard InChI is InChI=1S/C33H33FO2S3/c34-21-29-30(37-22-25-13-5-1-6-14-25)31(38-23-26-15-7-2-8-16-26)32(39-24-27-17-9-3-10-18-27)33(36-29)35-28-19-11-4-12-20-28/h1-20,29-33H,21-24H2/t29-,30-,31-,32-,33+/m1/s1. The minimum Gasteiger partial charge on any atom is -0.464 e. The molecule has 2 nitrogen and oxygen atoms in total. The molecule has 4 aromatic carbocycles. The van der Waals surface area contributed by atoms with Crippen LogP contribution in [0.2, 0.25) is 0 Å². The molecular weight excluding hydrogens is 544 g/mol. The van der Waals surface area contributed by atoms with Gasteiger partial charge in [0.05, 0.1) is 5.25 Å². The van der Waals surface area contributed by atoms with Crippen molar-refractivity contribution in [3.05, 3.63) is 138 Å². The van der Waals surface area contributed by atoms with Crippen LogP contribution in [0.1, 0.15) is 16.7 Å². The maximum Gasteiger partial charge on any atom is 0.213 e. The Morgan fingerprint density at radius 3 is 1.41 bits per heavy atom. The molecule has 39 heavy (non-hydrogen) atoms. The molecule has 0 aliphatic carbocycles. The fourth-order valence-corrected chi connectivity index (χ4v) is 9.40. The average Bonchev–Trinajstić information content (AvgIpc) is 3.00. The summed E-state index contributed by atoms with van der Waals surface area (Å²) in [6.07, 6.45) is -1.10. The second-order valence-electron chi connectivity index (χ2n) is 9.41. The molecule has 1 aliphatic rings. The molecule has 5 rings (SSSR count). The highest BCUT2D eigenvalue weighted by Crippen LogP contribution is 2.45. The van der Waals surface area contributed by atoms with Crippen molar-refractivity contribution in [3.8, 4) is 5.75 Å². The summed E-state index contributed by atoms with van der Waals surface area (Å²) in [4.78, 5) is 0. The van der Waals surface area contributed by atoms with Gasteiger partial charge in [-0.2, -0.15) is 11.8 Å². The number of para-hydroxylation sites is 1. The molecule has 0 radical (unpaired) electrons. The Labute approximate surface area is 244 Å². The maximum absolute atomic E-state index is 14.7. The first kappa shape index (κ1) is 28.2. The van der Waals surface area contributed by atoms with E-state index in [0.29, 0.717) is 0 Å². The molecule has 1 aliphatic heterocycles. The summed E-state index contributed by atoms with van der Waals surface area (Å²) in [6, 6.07) is 41.2. The van der Waals surface area contributed by atoms with Crippen LogP contribution in [0.4, 0.5) is 4.39 Å². The molecule has 0 bridgehead atoms. The summed E-state index contributed by atoms with van der Waals surface area (Å²) in [7, 11) is 0. The molecule has 0 unspecified atom stereocenters. The first-order valence-electron chi connectivity index (χ1n) is 13.2. The van der Waals surface area contributed by atoms with Crippen LogP contribution < -0.4 is 4.74 Å². The summed E-state index contributed by atoms with van der Waals surface area (Å²) in [5.74, 6) is 3.25. The van der Waals surface area contributed by atoms with Gasteiger partial charge in [0.1, 0.15) is 18.5 Å². The Bertz CT molecular complexity index is 1230. The number of hydrogen-bond donors (Lipinski definition) is 0. The van der Waals surface area contributed by atoms with Crippen molar-refractivity contribution in [2.45, 2.75) is 45.4 Å². The monoisotopic (exact) mass is 576 g/mol. The van der Waals surface area contributed by atoms with Crippen LogP contribution in [-0.2, 0) is 22.0 Å². The van der Waals surface area contributed by atoms with Gasteiger partial charge < -0.3 is 9.47 Å². The van der Waals surface area contributed by atoms with Crippen molar-refractivity contribution < 1.29 is 13.9 Å². The number of hydrogen-bond acceptors (Lipinski definition) is 5. The molecular formula is C33H33FO2S3. The molecule has 5 atom stereocenters. The van der Waals surface area contributed by atoms with Crippen LogP contribution in [0.3, 0.4) is 0 Å². The lowest BCUT2D eigenvalue weighted by Crippen LogP contribution is -2.56. The van der Waals surface area contributed by atoms with Crippen LogP contribution in [0.25, 0.3) is 0 Å². The highest BCUT2D eigenvalue weighted by Gasteiger charge is 2.47. The maximum atomic E-state index is 14.7. The SMILES string of the molecule is FC[C@H]1O[C@H](Oc2ccccc2)[C@H](SCc2ccccc2)[C@H](SCc2ccccc2)[C@@H]1SCc1ccccc1. The van der Waals surface area contributed by atoms with E-state index in [0.717, 1.165) is 23.0 Å². The van der Waals surface area contributed by atoms with Crippen LogP contribution in [0.15, 0.2) is 121 Å². The summed E-state index contributed by atoms with van der Waals surface area (Å²) in [5, 5.41) is 0.110. The molecule has 0 saturated carbocycles. The van der Waals surface area contributed by atoms with Gasteiger partial charge in [-0.3, -0.25) is 0 Å². The molecule has 0 amide bonds. The Balaban J connectivity index is 1.44. The topological polar surface area (TPSA) is 18.5 Å². The minimum absolute atomic E-state index is 0.00944. The molecule has 0 spiro atoms. The van der Waals surface area contributed by atoms with E-state index >= 15 is 0 Å². The van der Waals surface area contributed by atoms with Gasteiger partial charge in [-0.05, 0) is 28.8 Å². The van der Waals surface area contributed by atoms with E-state index in [2.05, 4.69) is 72.8 Å². The molecule has 1 fully saturated rings. The predicted octanol–water partition coefficient (Wildman–Crippen LogP) is 8.67. The second kappa shape index (κ2) is 14.8. The fraction of sp³-hybridized carbons (Fsp3) is 0.273. The highest BCUT2D eigenvalue weighted by molar-refractivity contribution is 8.05. The first-order chi connectivity index (χ1) is 19.3. The van der Waals surface area contributed by atoms with Gasteiger partial charge in [0.2, 0.25) is 6.29 Å². The van der Waals surface area contributed by atoms with Crippen LogP contribution in [-0.4, -0.2) is 34.8 Å². The quantitative estimate of drug-likeness (QED) is 0.167. The van der Waals surface area contributed by atoms with E-state index in [1.165, 1.54) is 16.7 Å². The van der Waals surface area contributed by atoms with E-state index < -0.39 is 19.1 Å². The van der Waals surface area contributed by atoms with E-state index in [1.807, 2.05) is 72.1 Å². The van der Waals surface area contributed by atoms with Crippen molar-refractivity contribution >= 4 is 35.3 Å². The third-order valence-corrected chi connectivity index (χ3v) is 11.3. The summed E-state index contributed by atoms with van der Waals surface area (Å²) in [5.41, 5.74) is 3.77. The van der Waals surface area contributed by atoms with Gasteiger partial charge in [-0.15, -0.1) is 23.5 Å². The van der Waals surface area contributed by atoms with E-state index in [-0.39, 0.29) is 15.7 Å². The Morgan fingerprint density at radius 2 is 0.949 bits per heavy atom. The summed E-state index contributed by atoms with van der Waals surface area (Å²) >= 11 is 5.56. The molecule has 1 heterocycles. The number of halogens is 1. The zero-order valence-electron chi connectivity index (χ0n) is 21.7. The lowest BCUT2D eigenvalue weighted by Gasteiger charge is -2.45. The van der Waals surface area contributed by atoms with Crippen molar-refractivity contribution in [1.82, 2.24) is 0 Å². The van der Waals surface area contributed by atoms with Crippen molar-refractivity contribution in [2.24, 2.45) is 0 Å². The van der Waals surface area contributed by atoms with Crippen LogP contribution in [0, 0.1) is 0 Å². The van der Waals surface area contributed by atoms with Crippen LogP contribution in [0.5, 0.6) is 5.75 Å². The average molecular weight is 577 g/mol. The van der Waals surface area contributed by atoms with E-state index in [1.54, 1.807) is 11.8 Å². The first-order valence-corrected chi connectivity index (χ1v) is 16.3. The predicted molar refractivity (Wildman–Crippen MR) is 166 cm³/mol. The Morgan fingerprint density at radius 1 is 0.538 bits per heavy atom. The molecule has 4 aromatic rings. The number of benzene rings is 4. The number of rotatable bonds is 12. The van der Waals surface area contributed by atoms with Crippen molar-refractivity contribution in [3.63, 3.8) is 0 Å². The van der Waals surface area contributed by atoms with Crippen molar-refractivity contribution in [1.29, 1.82) is 0 Å². The second-order valence-corrected chi connectivity index (χ2v) is 12.9. The van der Waals surface area contributed by atoms with Gasteiger partial charge >= 0.3 is 0 Å². The number of ether oxygens (including phenoxy) is 2. The lowest BCUT2D eigenvalue weighted by atomic mass is 10.1. The van der Waals surface area contributed by atoms with Gasteiger partial charge in [0.25, 0.3) is 0 Å². The van der Waals surface area contributed by atoms with Gasteiger partial charge in [0, 0.05) is 27.8 Å². The molecule has 1 saturated heterocycles. The Hall–Kier alpha value is -2.38. The fourth-order valence-electron chi connectivity index (χ4n) is 4.60. The summed E-state index contributed by atoms with van der Waals surface area (Å²) in [6.45, 7) is -0.542. The number of alkyl halides is 1. The third kappa shape index (κ3) is 8.07. The van der Waals surface area contributed by atoms with Gasteiger partial charge in [-0.1, -0.05) is 109 Å². The molecule has 6 heteroatoms. The van der Waals surface area contributed by atoms with Crippen molar-refractivity contribution in [2.75, 3.05) is 6.67 Å². The lowest BCUT2D eigenvalue weighted by molar-refractivity contribution is -0.142. The van der Waals surface area contributed by atoms with E-state index in [9.17, 15) is 4.39 Å². The minimum atomic E-state index is -0.552. The smallest absolute Gasteiger partial charge is 0.213 e. The number of thioether (sulfide) groups is 3. The molecule has 0 N–H and O–H groups in total. The molecule has 202 valence electrons. The highest BCUT2D eigenvalue weighted by atomic mass is 32.2. The third-order valence-electron chi connectivity index (χ3n) is 6.59. The summed E-state index contributed by atoms with van der Waals surface area (Å²) < 4.78 is 27.6. The van der Waals surface area contributed by atoms with Crippen LogP contribution >= 0.6 is 35.3 Å².